The van der Waals surface area contributed by atoms with Crippen molar-refractivity contribution in [2.24, 2.45) is 0 Å². The molecule has 0 spiro atoms. The molecule has 2 aromatic rings. The summed E-state index contributed by atoms with van der Waals surface area (Å²) in [5.74, 6) is -1.05. The van der Waals surface area contributed by atoms with E-state index in [1.165, 1.54) is 19.1 Å². The van der Waals surface area contributed by atoms with Crippen molar-refractivity contribution in [2.75, 3.05) is 41.4 Å². The Balaban J connectivity index is 2.29. The summed E-state index contributed by atoms with van der Waals surface area (Å²) in [6.45, 7) is 2.65. The molecule has 1 amide bonds. The summed E-state index contributed by atoms with van der Waals surface area (Å²) in [6.07, 6.45) is 0. The van der Waals surface area contributed by atoms with E-state index in [2.05, 4.69) is 0 Å². The Labute approximate surface area is 192 Å². The first kappa shape index (κ1) is 23.6. The smallest absolute Gasteiger partial charge is 0.295 e. The van der Waals surface area contributed by atoms with Gasteiger partial charge in [-0.25, -0.2) is 0 Å². The number of carbonyl (C=O) groups excluding carboxylic acids is 2. The molecule has 0 aliphatic carbocycles. The Kier molecular flexibility index (Phi) is 7.11. The standard InChI is InChI=1S/C24H27ClN2O5/c1-14-12-16(23(32-5)17(25)13-14)21(28)19-20(15-8-6-7-9-18(15)31-4)27(11-10-26(2)3)24(30)22(19)29/h6-9,12-13,20,28H,10-11H2,1-5H3/b21-19+. The fourth-order valence-electron chi connectivity index (χ4n) is 3.89. The van der Waals surface area contributed by atoms with Crippen molar-refractivity contribution in [3.63, 3.8) is 0 Å². The van der Waals surface area contributed by atoms with Crippen LogP contribution in [0.2, 0.25) is 5.02 Å². The molecule has 0 aromatic heterocycles. The largest absolute Gasteiger partial charge is 0.507 e. The maximum absolute atomic E-state index is 13.2. The summed E-state index contributed by atoms with van der Waals surface area (Å²) in [7, 11) is 6.72. The molecule has 32 heavy (non-hydrogen) atoms. The minimum atomic E-state index is -0.824. The van der Waals surface area contributed by atoms with Crippen molar-refractivity contribution >= 4 is 29.1 Å². The number of para-hydroxylation sites is 1. The van der Waals surface area contributed by atoms with Gasteiger partial charge in [-0.1, -0.05) is 29.8 Å². The average Bonchev–Trinajstić information content (AvgIpc) is 3.01. The number of hydrogen-bond donors (Lipinski definition) is 1. The molecule has 1 aliphatic heterocycles. The second-order valence-corrected chi connectivity index (χ2v) is 8.27. The molecular weight excluding hydrogens is 432 g/mol. The molecule has 1 atom stereocenters. The number of ether oxygens (including phenoxy) is 2. The monoisotopic (exact) mass is 458 g/mol. The van der Waals surface area contributed by atoms with Crippen molar-refractivity contribution in [1.82, 2.24) is 9.80 Å². The van der Waals surface area contributed by atoms with Gasteiger partial charge in [0.25, 0.3) is 11.7 Å². The van der Waals surface area contributed by atoms with Crippen molar-refractivity contribution in [1.29, 1.82) is 0 Å². The van der Waals surface area contributed by atoms with Crippen LogP contribution in [0.15, 0.2) is 42.0 Å². The number of hydrogen-bond acceptors (Lipinski definition) is 6. The number of aryl methyl sites for hydroxylation is 1. The highest BCUT2D eigenvalue weighted by molar-refractivity contribution is 6.46. The number of ketones is 1. The van der Waals surface area contributed by atoms with Crippen LogP contribution in [0.3, 0.4) is 0 Å². The van der Waals surface area contributed by atoms with E-state index in [-0.39, 0.29) is 22.6 Å². The summed E-state index contributed by atoms with van der Waals surface area (Å²) >= 11 is 6.32. The summed E-state index contributed by atoms with van der Waals surface area (Å²) in [5.41, 5.74) is 1.60. The number of halogens is 1. The molecular formula is C24H27ClN2O5. The van der Waals surface area contributed by atoms with E-state index in [9.17, 15) is 14.7 Å². The highest BCUT2D eigenvalue weighted by atomic mass is 35.5. The molecule has 2 aromatic carbocycles. The number of carbonyl (C=O) groups is 2. The van der Waals surface area contributed by atoms with E-state index >= 15 is 0 Å². The highest BCUT2D eigenvalue weighted by Gasteiger charge is 2.47. The summed E-state index contributed by atoms with van der Waals surface area (Å²) in [4.78, 5) is 29.6. The van der Waals surface area contributed by atoms with Gasteiger partial charge in [0, 0.05) is 18.7 Å². The third-order valence-corrected chi connectivity index (χ3v) is 5.69. The Bertz CT molecular complexity index is 1080. The number of Topliss-reactive ketones (excluding diaryl/α,β-unsaturated/α-hetero) is 1. The minimum Gasteiger partial charge on any atom is -0.507 e. The van der Waals surface area contributed by atoms with E-state index in [0.29, 0.717) is 29.4 Å². The molecule has 1 saturated heterocycles. The molecule has 1 unspecified atom stereocenters. The average molecular weight is 459 g/mol. The van der Waals surface area contributed by atoms with Crippen LogP contribution in [0.25, 0.3) is 5.76 Å². The molecule has 0 bridgehead atoms. The topological polar surface area (TPSA) is 79.3 Å². The van der Waals surface area contributed by atoms with Crippen LogP contribution in [0, 0.1) is 6.92 Å². The second-order valence-electron chi connectivity index (χ2n) is 7.87. The third kappa shape index (κ3) is 4.31. The summed E-state index contributed by atoms with van der Waals surface area (Å²) in [5, 5.41) is 11.6. The fourth-order valence-corrected chi connectivity index (χ4v) is 4.24. The molecule has 7 nitrogen and oxygen atoms in total. The lowest BCUT2D eigenvalue weighted by atomic mass is 9.94. The number of aliphatic hydroxyl groups is 1. The van der Waals surface area contributed by atoms with Crippen LogP contribution < -0.4 is 9.47 Å². The first-order valence-corrected chi connectivity index (χ1v) is 10.5. The number of methoxy groups -OCH3 is 2. The number of amides is 1. The maximum Gasteiger partial charge on any atom is 0.295 e. The Morgan fingerprint density at radius 2 is 1.84 bits per heavy atom. The van der Waals surface area contributed by atoms with E-state index in [1.54, 1.807) is 36.4 Å². The molecule has 1 aliphatic rings. The SMILES string of the molecule is COc1ccccc1C1/C(=C(\O)c2cc(C)cc(Cl)c2OC)C(=O)C(=O)N1CCN(C)C. The number of rotatable bonds is 7. The van der Waals surface area contributed by atoms with Gasteiger partial charge < -0.3 is 24.4 Å². The molecule has 3 rings (SSSR count). The molecule has 170 valence electrons. The van der Waals surface area contributed by atoms with Crippen molar-refractivity contribution in [2.45, 2.75) is 13.0 Å². The quantitative estimate of drug-likeness (QED) is 0.387. The lowest BCUT2D eigenvalue weighted by Gasteiger charge is -2.27. The van der Waals surface area contributed by atoms with E-state index in [1.807, 2.05) is 25.9 Å². The predicted molar refractivity (Wildman–Crippen MR) is 123 cm³/mol. The normalized spacial score (nSPS) is 17.8. The maximum atomic E-state index is 13.2. The predicted octanol–water partition coefficient (Wildman–Crippen LogP) is 3.65. The second kappa shape index (κ2) is 9.63. The Hall–Kier alpha value is -3.03. The lowest BCUT2D eigenvalue weighted by molar-refractivity contribution is -0.140. The number of nitrogens with zero attached hydrogens (tertiary/aromatic N) is 2. The lowest BCUT2D eigenvalue weighted by Crippen LogP contribution is -2.35. The number of likely N-dealkylation sites (N-methyl/N-ethyl adjacent to an activating group) is 1. The van der Waals surface area contributed by atoms with Crippen LogP contribution in [0.4, 0.5) is 0 Å². The van der Waals surface area contributed by atoms with Gasteiger partial charge in [-0.3, -0.25) is 9.59 Å². The molecule has 1 N–H and O–H groups in total. The first-order valence-electron chi connectivity index (χ1n) is 10.1. The zero-order valence-electron chi connectivity index (χ0n) is 18.8. The molecule has 1 heterocycles. The van der Waals surface area contributed by atoms with Gasteiger partial charge in [0.05, 0.1) is 36.4 Å². The van der Waals surface area contributed by atoms with Crippen LogP contribution >= 0.6 is 11.6 Å². The van der Waals surface area contributed by atoms with E-state index < -0.39 is 17.7 Å². The van der Waals surface area contributed by atoms with Crippen molar-refractivity contribution in [3.05, 3.63) is 63.7 Å². The van der Waals surface area contributed by atoms with Gasteiger partial charge in [-0.2, -0.15) is 0 Å². The molecule has 8 heteroatoms. The van der Waals surface area contributed by atoms with Gasteiger partial charge in [-0.05, 0) is 44.8 Å². The van der Waals surface area contributed by atoms with Crippen LogP contribution in [-0.2, 0) is 9.59 Å². The van der Waals surface area contributed by atoms with Gasteiger partial charge >= 0.3 is 0 Å². The van der Waals surface area contributed by atoms with Crippen LogP contribution in [0.1, 0.15) is 22.7 Å². The van der Waals surface area contributed by atoms with Gasteiger partial charge in [0.1, 0.15) is 17.3 Å². The van der Waals surface area contributed by atoms with Gasteiger partial charge in [0.2, 0.25) is 0 Å². The zero-order chi connectivity index (χ0) is 23.6. The van der Waals surface area contributed by atoms with E-state index in [0.717, 1.165) is 5.56 Å². The Morgan fingerprint density at radius 3 is 2.47 bits per heavy atom. The zero-order valence-corrected chi connectivity index (χ0v) is 19.6. The van der Waals surface area contributed by atoms with Gasteiger partial charge in [0.15, 0.2) is 0 Å². The van der Waals surface area contributed by atoms with Crippen molar-refractivity contribution < 1.29 is 24.2 Å². The summed E-state index contributed by atoms with van der Waals surface area (Å²) < 4.78 is 10.9. The fraction of sp³-hybridized carbons (Fsp3) is 0.333. The molecule has 0 radical (unpaired) electrons. The van der Waals surface area contributed by atoms with E-state index in [4.69, 9.17) is 21.1 Å². The van der Waals surface area contributed by atoms with Crippen LogP contribution in [-0.4, -0.2) is 68.0 Å². The molecule has 0 saturated carbocycles. The Morgan fingerprint density at radius 1 is 1.16 bits per heavy atom. The number of aliphatic hydroxyl groups excluding tert-OH is 1. The van der Waals surface area contributed by atoms with Crippen molar-refractivity contribution in [3.8, 4) is 11.5 Å². The first-order chi connectivity index (χ1) is 15.2. The number of likely N-dealkylation sites (tertiary alicyclic amines) is 1. The number of benzene rings is 2. The summed E-state index contributed by atoms with van der Waals surface area (Å²) in [6, 6.07) is 9.69. The molecule has 1 fully saturated rings. The van der Waals surface area contributed by atoms with Crippen LogP contribution in [0.5, 0.6) is 11.5 Å². The van der Waals surface area contributed by atoms with Gasteiger partial charge in [-0.15, -0.1) is 0 Å². The highest BCUT2D eigenvalue weighted by Crippen LogP contribution is 2.44. The minimum absolute atomic E-state index is 0.0294. The third-order valence-electron chi connectivity index (χ3n) is 5.41.